The second-order valence-electron chi connectivity index (χ2n) is 5.32. The number of rotatable bonds is 7. The molecule has 0 spiro atoms. The average Bonchev–Trinajstić information content (AvgIpc) is 2.48. The summed E-state index contributed by atoms with van der Waals surface area (Å²) >= 11 is 0.310. The van der Waals surface area contributed by atoms with Crippen LogP contribution in [0.4, 0.5) is 13.2 Å². The Labute approximate surface area is 150 Å². The Morgan fingerprint density at radius 1 is 1.19 bits per heavy atom. The number of carbonyl (C=O) groups is 3. The molecule has 26 heavy (non-hydrogen) atoms. The maximum Gasteiger partial charge on any atom is 0.401 e. The van der Waals surface area contributed by atoms with Gasteiger partial charge in [-0.25, -0.2) is 4.79 Å². The number of thioether (sulfide) groups is 1. The number of hydrogen-bond acceptors (Lipinski definition) is 6. The minimum atomic E-state index is -4.95. The number of hydrogen-bond donors (Lipinski definition) is 4. The fraction of sp³-hybridized carbons (Fsp3) is 0.400. The molecule has 0 aliphatic rings. The van der Waals surface area contributed by atoms with Crippen molar-refractivity contribution in [2.24, 2.45) is 5.92 Å². The highest BCUT2D eigenvalue weighted by Gasteiger charge is 2.45. The first-order valence-electron chi connectivity index (χ1n) is 7.16. The molecule has 0 radical (unpaired) electrons. The molecular weight excluding hydrogens is 379 g/mol. The zero-order valence-corrected chi connectivity index (χ0v) is 14.2. The third kappa shape index (κ3) is 6.47. The number of phenolic OH excluding ortho intramolecular Hbond substituents is 2. The van der Waals surface area contributed by atoms with E-state index in [0.29, 0.717) is 11.8 Å². The number of carbonyl (C=O) groups excluding carboxylic acids is 2. The molecule has 11 heteroatoms. The van der Waals surface area contributed by atoms with Crippen molar-refractivity contribution in [3.63, 3.8) is 0 Å². The van der Waals surface area contributed by atoms with E-state index < -0.39 is 58.8 Å². The van der Waals surface area contributed by atoms with E-state index in [2.05, 4.69) is 0 Å². The Morgan fingerprint density at radius 3 is 2.27 bits per heavy atom. The smallest absolute Gasteiger partial charge is 0.401 e. The van der Waals surface area contributed by atoms with Crippen LogP contribution in [0.2, 0.25) is 0 Å². The largest absolute Gasteiger partial charge is 0.504 e. The molecule has 0 unspecified atom stereocenters. The van der Waals surface area contributed by atoms with Gasteiger partial charge in [0, 0.05) is 19.1 Å². The summed E-state index contributed by atoms with van der Waals surface area (Å²) in [5.41, 5.74) is 0.176. The molecule has 0 aliphatic carbocycles. The van der Waals surface area contributed by atoms with Crippen molar-refractivity contribution in [1.82, 2.24) is 5.32 Å². The molecule has 4 N–H and O–H groups in total. The molecule has 0 aliphatic heterocycles. The van der Waals surface area contributed by atoms with E-state index >= 15 is 0 Å². The van der Waals surface area contributed by atoms with Crippen LogP contribution in [0.25, 0.3) is 0 Å². The van der Waals surface area contributed by atoms with Gasteiger partial charge in [-0.3, -0.25) is 9.59 Å². The van der Waals surface area contributed by atoms with Gasteiger partial charge in [0.2, 0.25) is 5.91 Å². The standard InChI is InChI=1S/C15H16F3NO6S/c1-7(20)26-6-9(15(16,17)18)13(23)19-10(14(24)25)4-8-2-3-11(21)12(22)5-8/h2-3,5,9-10,21-22H,4,6H2,1H3,(H,19,23)(H,24,25)/t9-,10+/m1/s1. The van der Waals surface area contributed by atoms with Crippen LogP contribution in [0.15, 0.2) is 18.2 Å². The molecule has 0 fully saturated rings. The number of aliphatic carboxylic acids is 1. The first-order valence-corrected chi connectivity index (χ1v) is 8.14. The quantitative estimate of drug-likeness (QED) is 0.518. The van der Waals surface area contributed by atoms with Gasteiger partial charge in [-0.05, 0) is 17.7 Å². The first-order chi connectivity index (χ1) is 11.9. The van der Waals surface area contributed by atoms with Gasteiger partial charge >= 0.3 is 12.1 Å². The number of benzene rings is 1. The maximum absolute atomic E-state index is 13.0. The first kappa shape index (κ1) is 21.6. The van der Waals surface area contributed by atoms with Gasteiger partial charge in [0.25, 0.3) is 0 Å². The monoisotopic (exact) mass is 395 g/mol. The van der Waals surface area contributed by atoms with Crippen LogP contribution in [0.3, 0.4) is 0 Å². The summed E-state index contributed by atoms with van der Waals surface area (Å²) in [5, 5.41) is 28.9. The molecule has 1 aromatic carbocycles. The molecule has 2 atom stereocenters. The Balaban J connectivity index is 2.92. The Bertz CT molecular complexity index is 694. The molecule has 1 amide bonds. The second kappa shape index (κ2) is 8.79. The van der Waals surface area contributed by atoms with Crippen molar-refractivity contribution in [2.75, 3.05) is 5.75 Å². The van der Waals surface area contributed by atoms with E-state index in [1.807, 2.05) is 0 Å². The van der Waals surface area contributed by atoms with E-state index in [9.17, 15) is 37.8 Å². The fourth-order valence-corrected chi connectivity index (χ4v) is 2.67. The van der Waals surface area contributed by atoms with Gasteiger partial charge in [0.1, 0.15) is 12.0 Å². The summed E-state index contributed by atoms with van der Waals surface area (Å²) in [7, 11) is 0. The number of carboxylic acid groups (broad SMARTS) is 1. The molecule has 144 valence electrons. The minimum absolute atomic E-state index is 0.176. The lowest BCUT2D eigenvalue weighted by Crippen LogP contribution is -2.49. The number of alkyl halides is 3. The molecule has 1 aromatic rings. The van der Waals surface area contributed by atoms with Crippen molar-refractivity contribution >= 4 is 28.8 Å². The number of phenols is 2. The molecule has 1 rings (SSSR count). The lowest BCUT2D eigenvalue weighted by atomic mass is 10.0. The molecule has 7 nitrogen and oxygen atoms in total. The van der Waals surface area contributed by atoms with Crippen LogP contribution in [-0.2, 0) is 20.8 Å². The normalized spacial score (nSPS) is 13.7. The summed E-state index contributed by atoms with van der Waals surface area (Å²) in [6, 6.07) is 1.67. The summed E-state index contributed by atoms with van der Waals surface area (Å²) in [6.45, 7) is 1.05. The predicted molar refractivity (Wildman–Crippen MR) is 85.7 cm³/mol. The highest BCUT2D eigenvalue weighted by atomic mass is 32.2. The van der Waals surface area contributed by atoms with Crippen molar-refractivity contribution < 1.29 is 42.9 Å². The van der Waals surface area contributed by atoms with Gasteiger partial charge < -0.3 is 20.6 Å². The zero-order valence-electron chi connectivity index (χ0n) is 13.4. The van der Waals surface area contributed by atoms with Crippen molar-refractivity contribution in [1.29, 1.82) is 0 Å². The Morgan fingerprint density at radius 2 is 1.81 bits per heavy atom. The summed E-state index contributed by atoms with van der Waals surface area (Å²) in [4.78, 5) is 34.0. The molecule has 0 saturated heterocycles. The average molecular weight is 395 g/mol. The molecule has 0 aromatic heterocycles. The van der Waals surface area contributed by atoms with Gasteiger partial charge in [-0.1, -0.05) is 17.8 Å². The molecular formula is C15H16F3NO6S. The second-order valence-corrected chi connectivity index (χ2v) is 6.52. The number of halogens is 3. The van der Waals surface area contributed by atoms with Crippen molar-refractivity contribution in [3.05, 3.63) is 23.8 Å². The van der Waals surface area contributed by atoms with Gasteiger partial charge in [0.15, 0.2) is 16.6 Å². The topological polar surface area (TPSA) is 124 Å². The van der Waals surface area contributed by atoms with E-state index in [-0.39, 0.29) is 5.56 Å². The highest BCUT2D eigenvalue weighted by molar-refractivity contribution is 8.13. The van der Waals surface area contributed by atoms with Gasteiger partial charge in [-0.2, -0.15) is 13.2 Å². The fourth-order valence-electron chi connectivity index (χ4n) is 1.92. The van der Waals surface area contributed by atoms with Crippen LogP contribution in [0.5, 0.6) is 11.5 Å². The van der Waals surface area contributed by atoms with Crippen molar-refractivity contribution in [2.45, 2.75) is 25.6 Å². The van der Waals surface area contributed by atoms with E-state index in [1.165, 1.54) is 6.07 Å². The third-order valence-corrected chi connectivity index (χ3v) is 4.17. The lowest BCUT2D eigenvalue weighted by molar-refractivity contribution is -0.179. The lowest BCUT2D eigenvalue weighted by Gasteiger charge is -2.22. The Hall–Kier alpha value is -2.43. The number of amides is 1. The predicted octanol–water partition coefficient (Wildman–Crippen LogP) is 1.67. The SMILES string of the molecule is CC(=O)SC[C@H](C(=O)N[C@@H](Cc1ccc(O)c(O)c1)C(=O)O)C(F)(F)F. The summed E-state index contributed by atoms with van der Waals surface area (Å²) < 4.78 is 39.0. The molecule has 0 heterocycles. The number of aromatic hydroxyl groups is 2. The van der Waals surface area contributed by atoms with Crippen LogP contribution in [0.1, 0.15) is 12.5 Å². The van der Waals surface area contributed by atoms with Gasteiger partial charge in [-0.15, -0.1) is 0 Å². The third-order valence-electron chi connectivity index (χ3n) is 3.26. The maximum atomic E-state index is 13.0. The van der Waals surface area contributed by atoms with E-state index in [4.69, 9.17) is 5.11 Å². The van der Waals surface area contributed by atoms with Crippen LogP contribution >= 0.6 is 11.8 Å². The molecule has 0 saturated carbocycles. The Kier molecular flexibility index (Phi) is 7.30. The van der Waals surface area contributed by atoms with E-state index in [0.717, 1.165) is 19.1 Å². The molecule has 0 bridgehead atoms. The zero-order chi connectivity index (χ0) is 20.1. The van der Waals surface area contributed by atoms with Crippen LogP contribution < -0.4 is 5.32 Å². The van der Waals surface area contributed by atoms with Gasteiger partial charge in [0.05, 0.1) is 0 Å². The highest BCUT2D eigenvalue weighted by Crippen LogP contribution is 2.30. The number of nitrogens with one attached hydrogen (secondary N) is 1. The summed E-state index contributed by atoms with van der Waals surface area (Å²) in [6.07, 6.45) is -5.37. The van der Waals surface area contributed by atoms with E-state index in [1.54, 1.807) is 5.32 Å². The van der Waals surface area contributed by atoms with Crippen molar-refractivity contribution in [3.8, 4) is 11.5 Å². The number of carboxylic acids is 1. The minimum Gasteiger partial charge on any atom is -0.504 e. The van der Waals surface area contributed by atoms with Crippen LogP contribution in [-0.4, -0.2) is 50.3 Å². The van der Waals surface area contributed by atoms with Crippen LogP contribution in [0, 0.1) is 5.92 Å². The summed E-state index contributed by atoms with van der Waals surface area (Å²) in [5.74, 6) is -7.55.